The van der Waals surface area contributed by atoms with Crippen LogP contribution in [-0.4, -0.2) is 36.7 Å². The zero-order chi connectivity index (χ0) is 13.8. The molecule has 2 heterocycles. The number of piperidine rings is 1. The van der Waals surface area contributed by atoms with Crippen LogP contribution in [0.2, 0.25) is 0 Å². The van der Waals surface area contributed by atoms with Crippen LogP contribution in [0.3, 0.4) is 0 Å². The molecule has 0 spiro atoms. The lowest BCUT2D eigenvalue weighted by molar-refractivity contribution is 0.180. The van der Waals surface area contributed by atoms with E-state index < -0.39 is 0 Å². The highest BCUT2D eigenvalue weighted by Crippen LogP contribution is 2.27. The fourth-order valence-corrected chi connectivity index (χ4v) is 3.65. The maximum absolute atomic E-state index is 5.57. The molecule has 0 aliphatic carbocycles. The van der Waals surface area contributed by atoms with E-state index in [-0.39, 0.29) is 0 Å². The molecule has 2 atom stereocenters. The Labute approximate surface area is 122 Å². The van der Waals surface area contributed by atoms with Crippen molar-refractivity contribution in [2.45, 2.75) is 51.2 Å². The van der Waals surface area contributed by atoms with Crippen LogP contribution < -0.4 is 10.1 Å². The molecule has 20 heavy (non-hydrogen) atoms. The van der Waals surface area contributed by atoms with Gasteiger partial charge in [-0.1, -0.05) is 18.6 Å². The zero-order valence-electron chi connectivity index (χ0n) is 12.5. The molecule has 3 heteroatoms. The summed E-state index contributed by atoms with van der Waals surface area (Å²) >= 11 is 0. The molecule has 110 valence electrons. The number of nitrogens with zero attached hydrogens (tertiary/aromatic N) is 1. The van der Waals surface area contributed by atoms with E-state index in [0.29, 0.717) is 6.04 Å². The average molecular weight is 274 g/mol. The van der Waals surface area contributed by atoms with E-state index in [1.54, 1.807) is 0 Å². The topological polar surface area (TPSA) is 24.5 Å². The van der Waals surface area contributed by atoms with Crippen molar-refractivity contribution in [1.82, 2.24) is 10.2 Å². The molecular formula is C17H26N2O. The first-order valence-corrected chi connectivity index (χ1v) is 8.06. The largest absolute Gasteiger partial charge is 0.494 e. The maximum Gasteiger partial charge on any atom is 0.119 e. The Morgan fingerprint density at radius 2 is 2.20 bits per heavy atom. The second kappa shape index (κ2) is 6.59. The maximum atomic E-state index is 5.57. The van der Waals surface area contributed by atoms with Crippen LogP contribution in [0.5, 0.6) is 5.75 Å². The van der Waals surface area contributed by atoms with Crippen molar-refractivity contribution in [3.63, 3.8) is 0 Å². The molecule has 2 aliphatic heterocycles. The standard InChI is InChI=1S/C17H26N2O/c1-2-20-15-7-5-6-14(12-15)13-18-16-9-11-19-10-4-3-8-17(16)19/h5-7,12,16-18H,2-4,8-11,13H2,1H3. The highest BCUT2D eigenvalue weighted by atomic mass is 16.5. The van der Waals surface area contributed by atoms with E-state index in [4.69, 9.17) is 4.74 Å². The molecule has 2 fully saturated rings. The summed E-state index contributed by atoms with van der Waals surface area (Å²) in [7, 11) is 0. The first kappa shape index (κ1) is 13.9. The molecule has 2 aliphatic rings. The number of ether oxygens (including phenoxy) is 1. The third-order valence-electron chi connectivity index (χ3n) is 4.63. The highest BCUT2D eigenvalue weighted by molar-refractivity contribution is 5.28. The van der Waals surface area contributed by atoms with Crippen LogP contribution in [-0.2, 0) is 6.54 Å². The lowest BCUT2D eigenvalue weighted by Crippen LogP contribution is -2.44. The van der Waals surface area contributed by atoms with Gasteiger partial charge in [-0.05, 0) is 50.4 Å². The number of benzene rings is 1. The molecule has 2 unspecified atom stereocenters. The monoisotopic (exact) mass is 274 g/mol. The number of hydrogen-bond donors (Lipinski definition) is 1. The average Bonchev–Trinajstić information content (AvgIpc) is 2.89. The molecule has 1 aromatic carbocycles. The summed E-state index contributed by atoms with van der Waals surface area (Å²) in [4.78, 5) is 2.68. The number of nitrogens with one attached hydrogen (secondary N) is 1. The van der Waals surface area contributed by atoms with Crippen LogP contribution in [0.25, 0.3) is 0 Å². The number of fused-ring (bicyclic) bond motifs is 1. The van der Waals surface area contributed by atoms with E-state index in [1.807, 2.05) is 13.0 Å². The van der Waals surface area contributed by atoms with Gasteiger partial charge in [0.2, 0.25) is 0 Å². The first-order chi connectivity index (χ1) is 9.86. The summed E-state index contributed by atoms with van der Waals surface area (Å²) in [5, 5.41) is 3.77. The van der Waals surface area contributed by atoms with Crippen LogP contribution in [0, 0.1) is 0 Å². The van der Waals surface area contributed by atoms with Crippen LogP contribution in [0.4, 0.5) is 0 Å². The van der Waals surface area contributed by atoms with E-state index in [1.165, 1.54) is 44.3 Å². The zero-order valence-corrected chi connectivity index (χ0v) is 12.5. The van der Waals surface area contributed by atoms with Crippen molar-refractivity contribution in [3.8, 4) is 5.75 Å². The summed E-state index contributed by atoms with van der Waals surface area (Å²) in [6.07, 6.45) is 5.46. The van der Waals surface area contributed by atoms with Gasteiger partial charge >= 0.3 is 0 Å². The first-order valence-electron chi connectivity index (χ1n) is 8.06. The Hall–Kier alpha value is -1.06. The second-order valence-corrected chi connectivity index (χ2v) is 5.96. The van der Waals surface area contributed by atoms with Gasteiger partial charge in [0.1, 0.15) is 5.75 Å². The summed E-state index contributed by atoms with van der Waals surface area (Å²) in [5.41, 5.74) is 1.32. The minimum atomic E-state index is 0.672. The minimum absolute atomic E-state index is 0.672. The Kier molecular flexibility index (Phi) is 4.58. The van der Waals surface area contributed by atoms with Crippen LogP contribution >= 0.6 is 0 Å². The van der Waals surface area contributed by atoms with Gasteiger partial charge in [0.25, 0.3) is 0 Å². The Bertz CT molecular complexity index is 435. The summed E-state index contributed by atoms with van der Waals surface area (Å²) in [6, 6.07) is 9.91. The summed E-state index contributed by atoms with van der Waals surface area (Å²) in [5.74, 6) is 0.984. The molecule has 3 nitrogen and oxygen atoms in total. The van der Waals surface area contributed by atoms with Crippen molar-refractivity contribution in [1.29, 1.82) is 0 Å². The summed E-state index contributed by atoms with van der Waals surface area (Å²) in [6.45, 7) is 6.30. The van der Waals surface area contributed by atoms with Crippen molar-refractivity contribution in [2.75, 3.05) is 19.7 Å². The molecule has 1 aromatic rings. The number of rotatable bonds is 5. The Morgan fingerprint density at radius 3 is 3.10 bits per heavy atom. The molecule has 1 N–H and O–H groups in total. The molecule has 0 amide bonds. The SMILES string of the molecule is CCOc1cccc(CNC2CCN3CCCCC23)c1. The fraction of sp³-hybridized carbons (Fsp3) is 0.647. The molecule has 0 radical (unpaired) electrons. The molecule has 0 saturated carbocycles. The highest BCUT2D eigenvalue weighted by Gasteiger charge is 2.34. The van der Waals surface area contributed by atoms with E-state index >= 15 is 0 Å². The van der Waals surface area contributed by atoms with Gasteiger partial charge in [0.05, 0.1) is 6.61 Å². The van der Waals surface area contributed by atoms with Crippen LogP contribution in [0.15, 0.2) is 24.3 Å². The van der Waals surface area contributed by atoms with Gasteiger partial charge in [-0.15, -0.1) is 0 Å². The van der Waals surface area contributed by atoms with E-state index in [2.05, 4.69) is 28.4 Å². The molecule has 2 saturated heterocycles. The van der Waals surface area contributed by atoms with Gasteiger partial charge in [-0.2, -0.15) is 0 Å². The van der Waals surface area contributed by atoms with E-state index in [0.717, 1.165) is 24.9 Å². The predicted octanol–water partition coefficient (Wildman–Crippen LogP) is 2.80. The second-order valence-electron chi connectivity index (χ2n) is 5.96. The minimum Gasteiger partial charge on any atom is -0.494 e. The summed E-state index contributed by atoms with van der Waals surface area (Å²) < 4.78 is 5.57. The molecule has 3 rings (SSSR count). The third kappa shape index (κ3) is 3.15. The van der Waals surface area contributed by atoms with Crippen molar-refractivity contribution in [2.24, 2.45) is 0 Å². The Morgan fingerprint density at radius 1 is 1.25 bits per heavy atom. The van der Waals surface area contributed by atoms with Gasteiger partial charge in [0.15, 0.2) is 0 Å². The number of hydrogen-bond acceptors (Lipinski definition) is 3. The third-order valence-corrected chi connectivity index (χ3v) is 4.63. The van der Waals surface area contributed by atoms with Crippen molar-refractivity contribution in [3.05, 3.63) is 29.8 Å². The smallest absolute Gasteiger partial charge is 0.119 e. The Balaban J connectivity index is 1.55. The van der Waals surface area contributed by atoms with E-state index in [9.17, 15) is 0 Å². The molecular weight excluding hydrogens is 248 g/mol. The lowest BCUT2D eigenvalue weighted by Gasteiger charge is -2.32. The van der Waals surface area contributed by atoms with Gasteiger partial charge in [-0.3, -0.25) is 4.90 Å². The van der Waals surface area contributed by atoms with Crippen LogP contribution in [0.1, 0.15) is 38.2 Å². The fourth-order valence-electron chi connectivity index (χ4n) is 3.65. The van der Waals surface area contributed by atoms with Crippen molar-refractivity contribution >= 4 is 0 Å². The van der Waals surface area contributed by atoms with Gasteiger partial charge < -0.3 is 10.1 Å². The van der Waals surface area contributed by atoms with Gasteiger partial charge in [0, 0.05) is 25.2 Å². The molecule has 0 bridgehead atoms. The quantitative estimate of drug-likeness (QED) is 0.893. The lowest BCUT2D eigenvalue weighted by atomic mass is 9.99. The van der Waals surface area contributed by atoms with Gasteiger partial charge in [-0.25, -0.2) is 0 Å². The van der Waals surface area contributed by atoms with Crippen molar-refractivity contribution < 1.29 is 4.74 Å². The normalized spacial score (nSPS) is 26.4. The predicted molar refractivity (Wildman–Crippen MR) is 82.1 cm³/mol. The molecule has 0 aromatic heterocycles.